The van der Waals surface area contributed by atoms with Crippen molar-refractivity contribution in [2.45, 2.75) is 45.8 Å². The average molecular weight is 250 g/mol. The van der Waals surface area contributed by atoms with Crippen molar-refractivity contribution in [2.75, 3.05) is 0 Å². The van der Waals surface area contributed by atoms with E-state index in [1.54, 1.807) is 0 Å². The van der Waals surface area contributed by atoms with Crippen LogP contribution in [0.4, 0.5) is 0 Å². The third kappa shape index (κ3) is 3.44. The van der Waals surface area contributed by atoms with E-state index in [1.165, 1.54) is 5.19 Å². The molecule has 0 aromatic heterocycles. The molecule has 0 radical (unpaired) electrons. The van der Waals surface area contributed by atoms with E-state index in [-0.39, 0.29) is 5.41 Å². The van der Waals surface area contributed by atoms with E-state index in [4.69, 9.17) is 0 Å². The molecular weight excluding hydrogens is 227 g/mol. The highest BCUT2D eigenvalue weighted by Crippen LogP contribution is 2.20. The Morgan fingerprint density at radius 1 is 1.06 bits per heavy atom. The third-order valence-electron chi connectivity index (χ3n) is 3.01. The van der Waals surface area contributed by atoms with Crippen LogP contribution in [0.3, 0.4) is 0 Å². The van der Waals surface area contributed by atoms with Crippen LogP contribution in [0.2, 0.25) is 19.6 Å². The van der Waals surface area contributed by atoms with Crippen LogP contribution >= 0.6 is 0 Å². The van der Waals surface area contributed by atoms with Gasteiger partial charge in [0.15, 0.2) is 0 Å². The molecule has 0 aliphatic carbocycles. The summed E-state index contributed by atoms with van der Waals surface area (Å²) >= 11 is 0. The lowest BCUT2D eigenvalue weighted by Gasteiger charge is -2.26. The van der Waals surface area contributed by atoms with Crippen molar-refractivity contribution in [3.8, 4) is 0 Å². The Hall–Kier alpha value is -0.578. The van der Waals surface area contributed by atoms with Crippen LogP contribution in [-0.2, 0) is 5.41 Å². The molecule has 4 heteroatoms. The van der Waals surface area contributed by atoms with Crippen molar-refractivity contribution in [2.24, 2.45) is 0 Å². The number of hydrogen-bond acceptors (Lipinski definition) is 2. The minimum atomic E-state index is -1.39. The van der Waals surface area contributed by atoms with Gasteiger partial charge in [-0.15, -0.1) is 0 Å². The highest BCUT2D eigenvalue weighted by Gasteiger charge is 2.26. The normalized spacial score (nSPS) is 12.7. The van der Waals surface area contributed by atoms with Crippen molar-refractivity contribution in [3.63, 3.8) is 0 Å². The van der Waals surface area contributed by atoms with Gasteiger partial charge in [0.25, 0.3) is 0 Å². The molecule has 0 aliphatic heterocycles. The van der Waals surface area contributed by atoms with Crippen molar-refractivity contribution in [1.29, 1.82) is 0 Å². The fraction of sp³-hybridized carbons (Fsp3) is 0.538. The molecule has 0 fully saturated rings. The lowest BCUT2D eigenvalue weighted by atomic mass is 9.70. The molecule has 2 N–H and O–H groups in total. The highest BCUT2D eigenvalue weighted by molar-refractivity contribution is 6.88. The first kappa shape index (κ1) is 14.5. The van der Waals surface area contributed by atoms with Gasteiger partial charge in [-0.3, -0.25) is 0 Å². The van der Waals surface area contributed by atoms with Crippen LogP contribution in [0.15, 0.2) is 18.2 Å². The predicted molar refractivity (Wildman–Crippen MR) is 77.9 cm³/mol. The quantitative estimate of drug-likeness (QED) is 0.774. The summed E-state index contributed by atoms with van der Waals surface area (Å²) in [6, 6.07) is 6.05. The Labute approximate surface area is 106 Å². The maximum Gasteiger partial charge on any atom is 0.488 e. The van der Waals surface area contributed by atoms with Crippen LogP contribution < -0.4 is 10.6 Å². The van der Waals surface area contributed by atoms with Gasteiger partial charge in [-0.25, -0.2) is 0 Å². The smallest absolute Gasteiger partial charge is 0.423 e. The van der Waals surface area contributed by atoms with Gasteiger partial charge in [0, 0.05) is 0 Å². The lowest BCUT2D eigenvalue weighted by molar-refractivity contribution is 0.424. The monoisotopic (exact) mass is 250 g/mol. The molecule has 0 unspecified atom stereocenters. The molecule has 1 aromatic rings. The fourth-order valence-corrected chi connectivity index (χ4v) is 3.06. The average Bonchev–Trinajstić information content (AvgIpc) is 2.14. The third-order valence-corrected chi connectivity index (χ3v) is 5.05. The maximum absolute atomic E-state index is 9.43. The highest BCUT2D eigenvalue weighted by atomic mass is 28.3. The van der Waals surface area contributed by atoms with Gasteiger partial charge in [-0.1, -0.05) is 63.8 Å². The molecule has 17 heavy (non-hydrogen) atoms. The van der Waals surface area contributed by atoms with Crippen molar-refractivity contribution >= 4 is 25.8 Å². The van der Waals surface area contributed by atoms with E-state index >= 15 is 0 Å². The van der Waals surface area contributed by atoms with Crippen LogP contribution in [-0.4, -0.2) is 25.2 Å². The summed E-state index contributed by atoms with van der Waals surface area (Å²) in [6.45, 7) is 13.2. The molecule has 0 spiro atoms. The SMILES string of the molecule is CC(C)(C)c1cc([Si](C)(C)C)ccc1B(O)O. The predicted octanol–water partition coefficient (Wildman–Crippen LogP) is 1.21. The van der Waals surface area contributed by atoms with Gasteiger partial charge in [0.1, 0.15) is 0 Å². The fourth-order valence-electron chi connectivity index (χ4n) is 1.90. The van der Waals surface area contributed by atoms with Gasteiger partial charge in [-0.05, 0) is 16.4 Å². The Morgan fingerprint density at radius 3 is 1.94 bits per heavy atom. The summed E-state index contributed by atoms with van der Waals surface area (Å²) in [6.07, 6.45) is 0. The molecule has 0 atom stereocenters. The van der Waals surface area contributed by atoms with Gasteiger partial charge in [-0.2, -0.15) is 0 Å². The minimum Gasteiger partial charge on any atom is -0.423 e. The molecule has 0 saturated carbocycles. The van der Waals surface area contributed by atoms with Crippen molar-refractivity contribution in [3.05, 3.63) is 23.8 Å². The Bertz CT molecular complexity index is 403. The first-order chi connectivity index (χ1) is 7.53. The van der Waals surface area contributed by atoms with Gasteiger partial charge < -0.3 is 10.0 Å². The van der Waals surface area contributed by atoms with Gasteiger partial charge >= 0.3 is 7.12 Å². The Balaban J connectivity index is 3.41. The van der Waals surface area contributed by atoms with E-state index in [9.17, 15) is 10.0 Å². The van der Waals surface area contributed by atoms with Crippen molar-refractivity contribution < 1.29 is 10.0 Å². The standard InChI is InChI=1S/C13H23BO2Si/c1-13(2,3)11-9-10(17(4,5)6)7-8-12(11)14(15)16/h7-9,15-16H,1-6H3. The molecule has 0 aliphatic rings. The van der Waals surface area contributed by atoms with E-state index in [0.29, 0.717) is 5.46 Å². The zero-order valence-corrected chi connectivity index (χ0v) is 12.7. The zero-order valence-electron chi connectivity index (χ0n) is 11.7. The molecule has 94 valence electrons. The second kappa shape index (κ2) is 4.59. The molecule has 0 heterocycles. The molecule has 0 bridgehead atoms. The summed E-state index contributed by atoms with van der Waals surface area (Å²) in [4.78, 5) is 0. The van der Waals surface area contributed by atoms with Crippen LogP contribution in [0.1, 0.15) is 26.3 Å². The van der Waals surface area contributed by atoms with E-state index in [2.05, 4.69) is 46.5 Å². The second-order valence-corrected chi connectivity index (χ2v) is 11.8. The van der Waals surface area contributed by atoms with E-state index in [1.807, 2.05) is 12.1 Å². The summed E-state index contributed by atoms with van der Waals surface area (Å²) < 4.78 is 0. The summed E-state index contributed by atoms with van der Waals surface area (Å²) in [5, 5.41) is 20.2. The van der Waals surface area contributed by atoms with E-state index in [0.717, 1.165) is 5.56 Å². The van der Waals surface area contributed by atoms with Gasteiger partial charge in [0.05, 0.1) is 8.07 Å². The topological polar surface area (TPSA) is 40.5 Å². The van der Waals surface area contributed by atoms with Crippen LogP contribution in [0, 0.1) is 0 Å². The molecule has 2 nitrogen and oxygen atoms in total. The lowest BCUT2D eigenvalue weighted by Crippen LogP contribution is -2.43. The number of rotatable bonds is 2. The molecule has 0 amide bonds. The van der Waals surface area contributed by atoms with Crippen LogP contribution in [0.5, 0.6) is 0 Å². The first-order valence-corrected chi connectivity index (χ1v) is 9.54. The second-order valence-electron chi connectivity index (χ2n) is 6.68. The zero-order chi connectivity index (χ0) is 13.4. The minimum absolute atomic E-state index is 0.0747. The molecule has 1 rings (SSSR count). The molecule has 0 saturated heterocycles. The Kier molecular flexibility index (Phi) is 3.91. The van der Waals surface area contributed by atoms with Crippen molar-refractivity contribution in [1.82, 2.24) is 0 Å². The largest absolute Gasteiger partial charge is 0.488 e. The molecular formula is C13H23BO2Si. The first-order valence-electron chi connectivity index (χ1n) is 6.04. The number of benzene rings is 1. The Morgan fingerprint density at radius 2 is 1.59 bits per heavy atom. The summed E-state index contributed by atoms with van der Waals surface area (Å²) in [5.41, 5.74) is 1.58. The summed E-state index contributed by atoms with van der Waals surface area (Å²) in [5.74, 6) is 0. The van der Waals surface area contributed by atoms with Crippen LogP contribution in [0.25, 0.3) is 0 Å². The van der Waals surface area contributed by atoms with E-state index < -0.39 is 15.2 Å². The number of hydrogen-bond donors (Lipinski definition) is 2. The van der Waals surface area contributed by atoms with Gasteiger partial charge in [0.2, 0.25) is 0 Å². The molecule has 1 aromatic carbocycles. The maximum atomic E-state index is 9.43. The summed E-state index contributed by atoms with van der Waals surface area (Å²) in [7, 11) is -2.75.